The van der Waals surface area contributed by atoms with E-state index < -0.39 is 10.0 Å². The third-order valence-corrected chi connectivity index (χ3v) is 7.42. The van der Waals surface area contributed by atoms with Gasteiger partial charge in [0, 0.05) is 18.7 Å². The van der Waals surface area contributed by atoms with Crippen molar-refractivity contribution in [3.05, 3.63) is 65.5 Å². The van der Waals surface area contributed by atoms with Gasteiger partial charge < -0.3 is 14.8 Å². The third-order valence-electron chi connectivity index (χ3n) is 4.26. The van der Waals surface area contributed by atoms with Crippen molar-refractivity contribution in [1.29, 1.82) is 0 Å². The molecule has 0 spiro atoms. The number of nitrogens with zero attached hydrogens (tertiary/aromatic N) is 1. The van der Waals surface area contributed by atoms with Gasteiger partial charge in [0.2, 0.25) is 0 Å². The topological polar surface area (TPSA) is 84.9 Å². The van der Waals surface area contributed by atoms with Gasteiger partial charge in [0.05, 0.1) is 25.6 Å². The van der Waals surface area contributed by atoms with Gasteiger partial charge in [-0.25, -0.2) is 8.42 Å². The second-order valence-corrected chi connectivity index (χ2v) is 9.12. The molecule has 3 aromatic rings. The Morgan fingerprint density at radius 1 is 1.03 bits per heavy atom. The minimum atomic E-state index is -3.63. The zero-order chi connectivity index (χ0) is 21.0. The first kappa shape index (κ1) is 20.7. The molecule has 0 aliphatic heterocycles. The molecule has 2 aromatic carbocycles. The van der Waals surface area contributed by atoms with Crippen molar-refractivity contribution in [3.63, 3.8) is 0 Å². The standard InChI is InChI=1S/C20H20N2O5S2/c1-22(29(24,25)19-5-4-12-28-19)15-8-6-14(7-9-15)20(23)21-17-13-16(26-2)10-11-18(17)27-3/h4-13H,1-3H3,(H,21,23). The van der Waals surface area contributed by atoms with Gasteiger partial charge in [-0.05, 0) is 47.8 Å². The van der Waals surface area contributed by atoms with Crippen LogP contribution < -0.4 is 19.1 Å². The Labute approximate surface area is 173 Å². The van der Waals surface area contributed by atoms with E-state index in [2.05, 4.69) is 5.32 Å². The highest BCUT2D eigenvalue weighted by molar-refractivity contribution is 7.94. The number of anilines is 2. The molecular weight excluding hydrogens is 412 g/mol. The largest absolute Gasteiger partial charge is 0.497 e. The SMILES string of the molecule is COc1ccc(OC)c(NC(=O)c2ccc(N(C)S(=O)(=O)c3cccs3)cc2)c1. The lowest BCUT2D eigenvalue weighted by molar-refractivity contribution is 0.102. The van der Waals surface area contributed by atoms with E-state index in [-0.39, 0.29) is 10.1 Å². The Hall–Kier alpha value is -3.04. The average Bonchev–Trinajstić information content (AvgIpc) is 3.29. The zero-order valence-corrected chi connectivity index (χ0v) is 17.7. The van der Waals surface area contributed by atoms with E-state index >= 15 is 0 Å². The zero-order valence-electron chi connectivity index (χ0n) is 16.1. The van der Waals surface area contributed by atoms with Gasteiger partial charge >= 0.3 is 0 Å². The van der Waals surface area contributed by atoms with Crippen molar-refractivity contribution < 1.29 is 22.7 Å². The lowest BCUT2D eigenvalue weighted by Gasteiger charge is -2.18. The molecule has 1 aromatic heterocycles. The van der Waals surface area contributed by atoms with Crippen LogP contribution in [0, 0.1) is 0 Å². The van der Waals surface area contributed by atoms with Crippen LogP contribution in [0.2, 0.25) is 0 Å². The summed E-state index contributed by atoms with van der Waals surface area (Å²) in [4.78, 5) is 12.6. The van der Waals surface area contributed by atoms with Crippen LogP contribution in [0.3, 0.4) is 0 Å². The van der Waals surface area contributed by atoms with Gasteiger partial charge in [-0.3, -0.25) is 9.10 Å². The summed E-state index contributed by atoms with van der Waals surface area (Å²) in [5.74, 6) is 0.723. The van der Waals surface area contributed by atoms with Gasteiger partial charge in [0.25, 0.3) is 15.9 Å². The maximum atomic E-state index is 12.6. The number of ether oxygens (including phenoxy) is 2. The van der Waals surface area contributed by atoms with Gasteiger partial charge in [0.1, 0.15) is 15.7 Å². The van der Waals surface area contributed by atoms with Crippen LogP contribution >= 0.6 is 11.3 Å². The van der Waals surface area contributed by atoms with E-state index in [4.69, 9.17) is 9.47 Å². The van der Waals surface area contributed by atoms with Crippen LogP contribution in [-0.4, -0.2) is 35.6 Å². The maximum absolute atomic E-state index is 12.6. The van der Waals surface area contributed by atoms with E-state index in [1.807, 2.05) is 0 Å². The molecule has 29 heavy (non-hydrogen) atoms. The van der Waals surface area contributed by atoms with Crippen LogP contribution in [0.1, 0.15) is 10.4 Å². The van der Waals surface area contributed by atoms with Crippen molar-refractivity contribution in [1.82, 2.24) is 0 Å². The molecule has 1 N–H and O–H groups in total. The normalized spacial score (nSPS) is 11.0. The fourth-order valence-corrected chi connectivity index (χ4v) is 4.97. The number of sulfonamides is 1. The molecule has 0 aliphatic rings. The molecule has 0 saturated heterocycles. The van der Waals surface area contributed by atoms with Crippen molar-refractivity contribution in [2.45, 2.75) is 4.21 Å². The van der Waals surface area contributed by atoms with Crippen molar-refractivity contribution in [3.8, 4) is 11.5 Å². The Morgan fingerprint density at radius 2 is 1.76 bits per heavy atom. The summed E-state index contributed by atoms with van der Waals surface area (Å²) in [6.07, 6.45) is 0. The van der Waals surface area contributed by atoms with Crippen molar-refractivity contribution in [2.24, 2.45) is 0 Å². The molecule has 0 aliphatic carbocycles. The number of thiophene rings is 1. The van der Waals surface area contributed by atoms with Crippen LogP contribution in [-0.2, 0) is 10.0 Å². The molecule has 0 saturated carbocycles. The number of benzene rings is 2. The summed E-state index contributed by atoms with van der Waals surface area (Å²) in [5, 5.41) is 4.49. The molecule has 3 rings (SSSR count). The van der Waals surface area contributed by atoms with Gasteiger partial charge in [-0.15, -0.1) is 11.3 Å². The van der Waals surface area contributed by atoms with Gasteiger partial charge in [-0.1, -0.05) is 6.07 Å². The summed E-state index contributed by atoms with van der Waals surface area (Å²) in [6.45, 7) is 0. The molecule has 152 valence electrons. The maximum Gasteiger partial charge on any atom is 0.273 e. The van der Waals surface area contributed by atoms with E-state index in [1.165, 1.54) is 25.6 Å². The first-order valence-electron chi connectivity index (χ1n) is 8.52. The quantitative estimate of drug-likeness (QED) is 0.613. The molecule has 7 nitrogen and oxygen atoms in total. The second-order valence-electron chi connectivity index (χ2n) is 5.97. The molecule has 0 atom stereocenters. The summed E-state index contributed by atoms with van der Waals surface area (Å²) in [6, 6.07) is 14.6. The van der Waals surface area contributed by atoms with Crippen LogP contribution in [0.4, 0.5) is 11.4 Å². The van der Waals surface area contributed by atoms with E-state index in [9.17, 15) is 13.2 Å². The third kappa shape index (κ3) is 4.36. The number of amides is 1. The highest BCUT2D eigenvalue weighted by Gasteiger charge is 2.22. The molecule has 0 radical (unpaired) electrons. The minimum absolute atomic E-state index is 0.256. The lowest BCUT2D eigenvalue weighted by Crippen LogP contribution is -2.25. The number of carbonyl (C=O) groups is 1. The summed E-state index contributed by atoms with van der Waals surface area (Å²) < 4.78 is 37.1. The predicted octanol–water partition coefficient (Wildman–Crippen LogP) is 3.84. The van der Waals surface area contributed by atoms with E-state index in [0.29, 0.717) is 28.4 Å². The van der Waals surface area contributed by atoms with Gasteiger partial charge in [0.15, 0.2) is 0 Å². The Kier molecular flexibility index (Phi) is 6.09. The van der Waals surface area contributed by atoms with Crippen molar-refractivity contribution in [2.75, 3.05) is 30.9 Å². The smallest absolute Gasteiger partial charge is 0.273 e. The fraction of sp³-hybridized carbons (Fsp3) is 0.150. The molecule has 1 heterocycles. The van der Waals surface area contributed by atoms with Crippen LogP contribution in [0.5, 0.6) is 11.5 Å². The minimum Gasteiger partial charge on any atom is -0.497 e. The number of methoxy groups -OCH3 is 2. The average molecular weight is 433 g/mol. The fourth-order valence-electron chi connectivity index (χ4n) is 2.61. The van der Waals surface area contributed by atoms with Gasteiger partial charge in [-0.2, -0.15) is 0 Å². The molecule has 0 fully saturated rings. The summed E-state index contributed by atoms with van der Waals surface area (Å²) >= 11 is 1.15. The van der Waals surface area contributed by atoms with Crippen LogP contribution in [0.25, 0.3) is 0 Å². The number of hydrogen-bond donors (Lipinski definition) is 1. The highest BCUT2D eigenvalue weighted by Crippen LogP contribution is 2.30. The van der Waals surface area contributed by atoms with Crippen LogP contribution in [0.15, 0.2) is 64.2 Å². The number of hydrogen-bond acceptors (Lipinski definition) is 6. The molecule has 9 heteroatoms. The van der Waals surface area contributed by atoms with E-state index in [1.54, 1.807) is 60.0 Å². The first-order chi connectivity index (χ1) is 13.9. The number of nitrogens with one attached hydrogen (secondary N) is 1. The Morgan fingerprint density at radius 3 is 2.34 bits per heavy atom. The number of rotatable bonds is 7. The molecule has 0 unspecified atom stereocenters. The summed E-state index contributed by atoms with van der Waals surface area (Å²) in [5.41, 5.74) is 1.30. The summed E-state index contributed by atoms with van der Waals surface area (Å²) in [7, 11) is 0.896. The lowest BCUT2D eigenvalue weighted by atomic mass is 10.2. The predicted molar refractivity (Wildman–Crippen MR) is 114 cm³/mol. The second kappa shape index (κ2) is 8.54. The Balaban J connectivity index is 1.79. The highest BCUT2D eigenvalue weighted by atomic mass is 32.2. The molecule has 1 amide bonds. The van der Waals surface area contributed by atoms with Crippen molar-refractivity contribution >= 4 is 38.6 Å². The molecule has 0 bridgehead atoms. The Bertz CT molecular complexity index is 1090. The first-order valence-corrected chi connectivity index (χ1v) is 10.8. The monoisotopic (exact) mass is 432 g/mol. The van der Waals surface area contributed by atoms with E-state index in [0.717, 1.165) is 11.3 Å². The number of carbonyl (C=O) groups excluding carboxylic acids is 1. The molecular formula is C20H20N2O5S2.